The van der Waals surface area contributed by atoms with Crippen LogP contribution in [0.5, 0.6) is 5.75 Å². The van der Waals surface area contributed by atoms with E-state index in [1.54, 1.807) is 37.4 Å². The Labute approximate surface area is 148 Å². The zero-order chi connectivity index (χ0) is 18.1. The van der Waals surface area contributed by atoms with Crippen molar-refractivity contribution in [3.63, 3.8) is 0 Å². The molecule has 130 valence electrons. The van der Waals surface area contributed by atoms with E-state index in [1.807, 2.05) is 25.1 Å². The summed E-state index contributed by atoms with van der Waals surface area (Å²) in [5, 5.41) is 12.1. The number of amides is 1. The number of ether oxygens (including phenoxy) is 2. The lowest BCUT2D eigenvalue weighted by atomic mass is 10.1. The van der Waals surface area contributed by atoms with Gasteiger partial charge in [0, 0.05) is 18.2 Å². The SMILES string of the molecule is CCC(COC)NC(=O)c1cccc(OCc2ccccc2C#N)c1. The van der Waals surface area contributed by atoms with E-state index in [0.717, 1.165) is 12.0 Å². The number of hydrogen-bond donors (Lipinski definition) is 1. The predicted octanol–water partition coefficient (Wildman–Crippen LogP) is 3.29. The topological polar surface area (TPSA) is 71.3 Å². The summed E-state index contributed by atoms with van der Waals surface area (Å²) < 4.78 is 10.8. The minimum absolute atomic E-state index is 0.0235. The first-order valence-electron chi connectivity index (χ1n) is 8.18. The van der Waals surface area contributed by atoms with E-state index < -0.39 is 0 Å². The van der Waals surface area contributed by atoms with Crippen molar-refractivity contribution in [1.82, 2.24) is 5.32 Å². The fourth-order valence-corrected chi connectivity index (χ4v) is 2.37. The van der Waals surface area contributed by atoms with E-state index in [-0.39, 0.29) is 18.6 Å². The van der Waals surface area contributed by atoms with Crippen LogP contribution in [0.25, 0.3) is 0 Å². The Morgan fingerprint density at radius 1 is 1.24 bits per heavy atom. The second-order valence-electron chi connectivity index (χ2n) is 5.62. The molecule has 0 bridgehead atoms. The van der Waals surface area contributed by atoms with Crippen LogP contribution in [0.1, 0.15) is 34.8 Å². The predicted molar refractivity (Wildman–Crippen MR) is 95.4 cm³/mol. The molecule has 0 aromatic heterocycles. The van der Waals surface area contributed by atoms with Gasteiger partial charge in [-0.3, -0.25) is 4.79 Å². The largest absolute Gasteiger partial charge is 0.489 e. The number of carbonyl (C=O) groups is 1. The molecule has 5 nitrogen and oxygen atoms in total. The molecule has 2 aromatic carbocycles. The lowest BCUT2D eigenvalue weighted by molar-refractivity contribution is 0.0894. The number of nitrogens with one attached hydrogen (secondary N) is 1. The zero-order valence-electron chi connectivity index (χ0n) is 14.5. The summed E-state index contributed by atoms with van der Waals surface area (Å²) in [6, 6.07) is 16.4. The molecule has 2 aromatic rings. The van der Waals surface area contributed by atoms with Crippen LogP contribution >= 0.6 is 0 Å². The highest BCUT2D eigenvalue weighted by molar-refractivity contribution is 5.94. The maximum atomic E-state index is 12.4. The number of carbonyl (C=O) groups excluding carboxylic acids is 1. The van der Waals surface area contributed by atoms with Crippen molar-refractivity contribution >= 4 is 5.91 Å². The average Bonchev–Trinajstić information content (AvgIpc) is 2.66. The van der Waals surface area contributed by atoms with Gasteiger partial charge < -0.3 is 14.8 Å². The van der Waals surface area contributed by atoms with Gasteiger partial charge in [-0.2, -0.15) is 5.26 Å². The fourth-order valence-electron chi connectivity index (χ4n) is 2.37. The molecule has 0 aliphatic carbocycles. The Balaban J connectivity index is 2.03. The van der Waals surface area contributed by atoms with Gasteiger partial charge in [0.05, 0.1) is 24.3 Å². The molecule has 5 heteroatoms. The van der Waals surface area contributed by atoms with E-state index in [2.05, 4.69) is 11.4 Å². The molecule has 0 radical (unpaired) electrons. The highest BCUT2D eigenvalue weighted by atomic mass is 16.5. The van der Waals surface area contributed by atoms with Crippen molar-refractivity contribution in [2.75, 3.05) is 13.7 Å². The third-order valence-electron chi connectivity index (χ3n) is 3.82. The number of hydrogen-bond acceptors (Lipinski definition) is 4. The maximum Gasteiger partial charge on any atom is 0.251 e. The zero-order valence-corrected chi connectivity index (χ0v) is 14.5. The molecule has 0 saturated carbocycles. The van der Waals surface area contributed by atoms with Crippen LogP contribution in [0, 0.1) is 11.3 Å². The molecule has 0 aliphatic heterocycles. The third kappa shape index (κ3) is 5.33. The van der Waals surface area contributed by atoms with Crippen LogP contribution in [0.4, 0.5) is 0 Å². The molecule has 25 heavy (non-hydrogen) atoms. The number of nitrogens with zero attached hydrogens (tertiary/aromatic N) is 1. The van der Waals surface area contributed by atoms with Crippen LogP contribution in [0.3, 0.4) is 0 Å². The number of nitriles is 1. The Bertz CT molecular complexity index is 753. The van der Waals surface area contributed by atoms with E-state index in [0.29, 0.717) is 23.5 Å². The molecule has 0 saturated heterocycles. The van der Waals surface area contributed by atoms with Gasteiger partial charge in [0.15, 0.2) is 0 Å². The summed E-state index contributed by atoms with van der Waals surface area (Å²) in [6.45, 7) is 2.75. The smallest absolute Gasteiger partial charge is 0.251 e. The van der Waals surface area contributed by atoms with Crippen LogP contribution in [-0.2, 0) is 11.3 Å². The second kappa shape index (κ2) is 9.45. The quantitative estimate of drug-likeness (QED) is 0.802. The van der Waals surface area contributed by atoms with Crippen LogP contribution in [0.2, 0.25) is 0 Å². The molecule has 1 unspecified atom stereocenters. The Morgan fingerprint density at radius 2 is 2.04 bits per heavy atom. The van der Waals surface area contributed by atoms with Gasteiger partial charge in [-0.1, -0.05) is 31.2 Å². The molecule has 1 amide bonds. The van der Waals surface area contributed by atoms with E-state index in [1.165, 1.54) is 0 Å². The molecule has 0 aliphatic rings. The fraction of sp³-hybridized carbons (Fsp3) is 0.300. The van der Waals surface area contributed by atoms with E-state index in [9.17, 15) is 4.79 Å². The van der Waals surface area contributed by atoms with Gasteiger partial charge in [0.2, 0.25) is 0 Å². The second-order valence-corrected chi connectivity index (χ2v) is 5.62. The summed E-state index contributed by atoms with van der Waals surface area (Å²) in [5.41, 5.74) is 1.92. The van der Waals surface area contributed by atoms with Crippen molar-refractivity contribution in [2.45, 2.75) is 26.0 Å². The normalized spacial score (nSPS) is 11.4. The van der Waals surface area contributed by atoms with Gasteiger partial charge in [0.1, 0.15) is 12.4 Å². The maximum absolute atomic E-state index is 12.4. The number of rotatable bonds is 8. The molecule has 1 N–H and O–H groups in total. The first kappa shape index (κ1) is 18.5. The van der Waals surface area contributed by atoms with Crippen molar-refractivity contribution in [3.8, 4) is 11.8 Å². The molecular weight excluding hydrogens is 316 g/mol. The summed E-state index contributed by atoms with van der Waals surface area (Å²) in [4.78, 5) is 12.4. The third-order valence-corrected chi connectivity index (χ3v) is 3.82. The van der Waals surface area contributed by atoms with Crippen LogP contribution in [0.15, 0.2) is 48.5 Å². The summed E-state index contributed by atoms with van der Waals surface area (Å²) in [6.07, 6.45) is 0.792. The lowest BCUT2D eigenvalue weighted by Crippen LogP contribution is -2.37. The molecule has 0 fully saturated rings. The molecular formula is C20H22N2O3. The van der Waals surface area contributed by atoms with Crippen molar-refractivity contribution in [2.24, 2.45) is 0 Å². The first-order valence-corrected chi connectivity index (χ1v) is 8.18. The Morgan fingerprint density at radius 3 is 2.76 bits per heavy atom. The van der Waals surface area contributed by atoms with Crippen LogP contribution in [-0.4, -0.2) is 25.7 Å². The Hall–Kier alpha value is -2.84. The van der Waals surface area contributed by atoms with E-state index >= 15 is 0 Å². The minimum Gasteiger partial charge on any atom is -0.489 e. The monoisotopic (exact) mass is 338 g/mol. The van der Waals surface area contributed by atoms with Gasteiger partial charge in [-0.15, -0.1) is 0 Å². The molecule has 2 rings (SSSR count). The van der Waals surface area contributed by atoms with Crippen molar-refractivity contribution < 1.29 is 14.3 Å². The molecule has 0 spiro atoms. The average molecular weight is 338 g/mol. The first-order chi connectivity index (χ1) is 12.2. The Kier molecular flexibility index (Phi) is 7.00. The highest BCUT2D eigenvalue weighted by Crippen LogP contribution is 2.17. The minimum atomic E-state index is -0.160. The van der Waals surface area contributed by atoms with Crippen LogP contribution < -0.4 is 10.1 Å². The lowest BCUT2D eigenvalue weighted by Gasteiger charge is -2.16. The number of benzene rings is 2. The molecule has 1 atom stereocenters. The van der Waals surface area contributed by atoms with Gasteiger partial charge in [-0.05, 0) is 30.7 Å². The van der Waals surface area contributed by atoms with Gasteiger partial charge in [0.25, 0.3) is 5.91 Å². The standard InChI is InChI=1S/C20H22N2O3/c1-3-18(14-24-2)22-20(23)15-9-6-10-19(11-15)25-13-17-8-5-4-7-16(17)12-21/h4-11,18H,3,13-14H2,1-2H3,(H,22,23). The van der Waals surface area contributed by atoms with Crippen molar-refractivity contribution in [1.29, 1.82) is 5.26 Å². The summed E-state index contributed by atoms with van der Waals surface area (Å²) in [5.74, 6) is 0.423. The molecule has 0 heterocycles. The van der Waals surface area contributed by atoms with E-state index in [4.69, 9.17) is 14.7 Å². The van der Waals surface area contributed by atoms with Gasteiger partial charge >= 0.3 is 0 Å². The van der Waals surface area contributed by atoms with Crippen molar-refractivity contribution in [3.05, 3.63) is 65.2 Å². The number of methoxy groups -OCH3 is 1. The van der Waals surface area contributed by atoms with Gasteiger partial charge in [-0.25, -0.2) is 0 Å². The summed E-state index contributed by atoms with van der Waals surface area (Å²) >= 11 is 0. The highest BCUT2D eigenvalue weighted by Gasteiger charge is 2.12. The summed E-state index contributed by atoms with van der Waals surface area (Å²) in [7, 11) is 1.61.